The zero-order valence-corrected chi connectivity index (χ0v) is 19.4. The molecule has 0 saturated carbocycles. The van der Waals surface area contributed by atoms with E-state index in [2.05, 4.69) is 24.6 Å². The summed E-state index contributed by atoms with van der Waals surface area (Å²) < 4.78 is 87.2. The Morgan fingerprint density at radius 2 is 1.78 bits per heavy atom. The smallest absolute Gasteiger partial charge is 0.357 e. The number of hydrogen-bond donors (Lipinski definition) is 1. The van der Waals surface area contributed by atoms with E-state index in [4.69, 9.17) is 16.3 Å². The van der Waals surface area contributed by atoms with Crippen molar-refractivity contribution in [3.05, 3.63) is 73.9 Å². The van der Waals surface area contributed by atoms with Crippen LogP contribution in [0.5, 0.6) is 0 Å². The highest BCUT2D eigenvalue weighted by molar-refractivity contribution is 7.15. The van der Waals surface area contributed by atoms with Crippen LogP contribution >= 0.6 is 22.9 Å². The van der Waals surface area contributed by atoms with E-state index in [0.717, 1.165) is 23.5 Å². The fraction of sp³-hybridized carbons (Fsp3) is 0.238. The Hall–Kier alpha value is -3.23. The predicted octanol–water partition coefficient (Wildman–Crippen LogP) is 6.20. The second-order valence-corrected chi connectivity index (χ2v) is 8.76. The van der Waals surface area contributed by atoms with E-state index in [0.29, 0.717) is 11.3 Å². The fourth-order valence-corrected chi connectivity index (χ4v) is 4.55. The molecule has 0 aliphatic heterocycles. The Morgan fingerprint density at radius 1 is 1.08 bits per heavy atom. The first-order chi connectivity index (χ1) is 16.8. The molecule has 0 aliphatic rings. The maximum Gasteiger partial charge on any atom is 0.439 e. The number of ether oxygens (including phenoxy) is 1. The first-order valence-corrected chi connectivity index (χ1v) is 11.1. The summed E-state index contributed by atoms with van der Waals surface area (Å²) in [5.74, 6) is -0.872. The van der Waals surface area contributed by atoms with Gasteiger partial charge in [-0.2, -0.15) is 26.3 Å². The van der Waals surface area contributed by atoms with Crippen molar-refractivity contribution in [1.29, 1.82) is 0 Å². The number of halogens is 7. The molecule has 36 heavy (non-hydrogen) atoms. The van der Waals surface area contributed by atoms with Crippen LogP contribution < -0.4 is 5.76 Å². The SMILES string of the molecule is Cc1nc(-c2ccc(C(F)(F)F)cc2)sc1C(OCC(F)(F)F)c1ccc(-c2noc(=O)[nH]2)c(Cl)n1. The molecule has 0 fully saturated rings. The number of benzene rings is 1. The van der Waals surface area contributed by atoms with Gasteiger partial charge in [0, 0.05) is 5.56 Å². The van der Waals surface area contributed by atoms with Gasteiger partial charge in [-0.1, -0.05) is 28.9 Å². The molecule has 1 unspecified atom stereocenters. The van der Waals surface area contributed by atoms with Gasteiger partial charge in [0.05, 0.1) is 27.4 Å². The van der Waals surface area contributed by atoms with E-state index in [1.807, 2.05) is 0 Å². The number of nitrogens with zero attached hydrogens (tertiary/aromatic N) is 3. The Kier molecular flexibility index (Phi) is 6.94. The van der Waals surface area contributed by atoms with E-state index >= 15 is 0 Å². The van der Waals surface area contributed by atoms with Gasteiger partial charge in [-0.25, -0.2) is 14.8 Å². The Bertz CT molecular complexity index is 1430. The summed E-state index contributed by atoms with van der Waals surface area (Å²) in [4.78, 5) is 22.2. The lowest BCUT2D eigenvalue weighted by molar-refractivity contribution is -0.182. The molecule has 1 aromatic carbocycles. The number of aromatic nitrogens is 4. The predicted molar refractivity (Wildman–Crippen MR) is 117 cm³/mol. The van der Waals surface area contributed by atoms with Crippen LogP contribution in [-0.4, -0.2) is 32.9 Å². The number of hydrogen-bond acceptors (Lipinski definition) is 7. The maximum atomic E-state index is 13.0. The van der Waals surface area contributed by atoms with Gasteiger partial charge in [-0.05, 0) is 31.2 Å². The summed E-state index contributed by atoms with van der Waals surface area (Å²) in [5, 5.41) is 3.58. The van der Waals surface area contributed by atoms with E-state index in [9.17, 15) is 31.1 Å². The standard InChI is InChI=1S/C21H13ClF6N4O3S/c1-9-15(36-18(29-9)10-2-4-11(5-3-10)21(26,27)28)14(34-8-20(23,24)25)13-7-6-12(16(22)30-13)17-31-19(33)35-32-17/h2-7,14H,8H2,1H3,(H,31,32,33). The van der Waals surface area contributed by atoms with Gasteiger partial charge in [0.25, 0.3) is 0 Å². The molecular formula is C21H13ClF6N4O3S. The number of thiazole rings is 1. The third-order valence-corrected chi connectivity index (χ3v) is 6.32. The summed E-state index contributed by atoms with van der Waals surface area (Å²) in [6.07, 6.45) is -10.5. The van der Waals surface area contributed by atoms with Crippen molar-refractivity contribution in [1.82, 2.24) is 20.1 Å². The number of aryl methyl sites for hydroxylation is 1. The largest absolute Gasteiger partial charge is 0.439 e. The van der Waals surface area contributed by atoms with Crippen LogP contribution in [0.3, 0.4) is 0 Å². The molecule has 3 aromatic heterocycles. The summed E-state index contributed by atoms with van der Waals surface area (Å²) in [7, 11) is 0. The van der Waals surface area contributed by atoms with Crippen molar-refractivity contribution in [3.63, 3.8) is 0 Å². The van der Waals surface area contributed by atoms with Crippen molar-refractivity contribution in [2.45, 2.75) is 25.4 Å². The minimum atomic E-state index is -4.66. The van der Waals surface area contributed by atoms with Crippen LogP contribution in [0.4, 0.5) is 26.3 Å². The Morgan fingerprint density at radius 3 is 2.33 bits per heavy atom. The first kappa shape index (κ1) is 25.9. The number of rotatable bonds is 6. The highest BCUT2D eigenvalue weighted by Gasteiger charge is 2.33. The number of pyridine rings is 1. The minimum Gasteiger partial charge on any atom is -0.357 e. The minimum absolute atomic E-state index is 0.00422. The topological polar surface area (TPSA) is 93.9 Å². The molecule has 1 N–H and O–H groups in total. The Balaban J connectivity index is 1.72. The molecular weight excluding hydrogens is 538 g/mol. The molecule has 1 atom stereocenters. The molecule has 0 saturated heterocycles. The zero-order valence-electron chi connectivity index (χ0n) is 17.9. The monoisotopic (exact) mass is 550 g/mol. The molecule has 3 heterocycles. The quantitative estimate of drug-likeness (QED) is 0.227. The number of nitrogens with one attached hydrogen (secondary N) is 1. The highest BCUT2D eigenvalue weighted by Crippen LogP contribution is 2.39. The van der Waals surface area contributed by atoms with E-state index in [1.54, 1.807) is 0 Å². The van der Waals surface area contributed by atoms with Crippen molar-refractivity contribution in [2.24, 2.45) is 0 Å². The average molecular weight is 551 g/mol. The molecule has 0 bridgehead atoms. The zero-order chi connectivity index (χ0) is 26.3. The molecule has 7 nitrogen and oxygen atoms in total. The molecule has 4 rings (SSSR count). The van der Waals surface area contributed by atoms with Gasteiger partial charge in [-0.15, -0.1) is 11.3 Å². The van der Waals surface area contributed by atoms with Crippen LogP contribution in [0.2, 0.25) is 5.15 Å². The van der Waals surface area contributed by atoms with Crippen molar-refractivity contribution >= 4 is 22.9 Å². The Labute approximate surface area is 206 Å². The van der Waals surface area contributed by atoms with Gasteiger partial charge in [0.2, 0.25) is 0 Å². The van der Waals surface area contributed by atoms with Crippen molar-refractivity contribution < 1.29 is 35.6 Å². The number of H-pyrrole nitrogens is 1. The normalized spacial score (nSPS) is 13.2. The molecule has 4 aromatic rings. The number of alkyl halides is 6. The van der Waals surface area contributed by atoms with Gasteiger partial charge in [0.15, 0.2) is 5.82 Å². The van der Waals surface area contributed by atoms with Crippen LogP contribution in [0.25, 0.3) is 22.0 Å². The highest BCUT2D eigenvalue weighted by atomic mass is 35.5. The molecule has 0 aliphatic carbocycles. The lowest BCUT2D eigenvalue weighted by atomic mass is 10.1. The van der Waals surface area contributed by atoms with Crippen LogP contribution in [0.15, 0.2) is 45.7 Å². The summed E-state index contributed by atoms with van der Waals surface area (Å²) in [5.41, 5.74) is -0.0476. The third kappa shape index (κ3) is 5.77. The number of aromatic amines is 1. The van der Waals surface area contributed by atoms with E-state index in [1.165, 1.54) is 31.2 Å². The lowest BCUT2D eigenvalue weighted by Gasteiger charge is -2.18. The van der Waals surface area contributed by atoms with Gasteiger partial charge < -0.3 is 4.74 Å². The second kappa shape index (κ2) is 9.67. The molecule has 0 spiro atoms. The van der Waals surface area contributed by atoms with Crippen molar-refractivity contribution in [3.8, 4) is 22.0 Å². The summed E-state index contributed by atoms with van der Waals surface area (Å²) in [6.45, 7) is -0.0816. The summed E-state index contributed by atoms with van der Waals surface area (Å²) >= 11 is 7.14. The molecule has 15 heteroatoms. The van der Waals surface area contributed by atoms with Gasteiger partial charge in [-0.3, -0.25) is 9.51 Å². The average Bonchev–Trinajstić information content (AvgIpc) is 3.38. The molecule has 0 amide bonds. The van der Waals surface area contributed by atoms with Crippen LogP contribution in [0, 0.1) is 6.92 Å². The van der Waals surface area contributed by atoms with Crippen LogP contribution in [-0.2, 0) is 10.9 Å². The third-order valence-electron chi connectivity index (χ3n) is 4.78. The lowest BCUT2D eigenvalue weighted by Crippen LogP contribution is -2.20. The maximum absolute atomic E-state index is 13.0. The van der Waals surface area contributed by atoms with E-state index in [-0.39, 0.29) is 32.1 Å². The van der Waals surface area contributed by atoms with Gasteiger partial charge >= 0.3 is 18.1 Å². The van der Waals surface area contributed by atoms with E-state index < -0.39 is 36.4 Å². The van der Waals surface area contributed by atoms with Crippen LogP contribution in [0.1, 0.15) is 27.9 Å². The first-order valence-electron chi connectivity index (χ1n) is 9.88. The molecule has 0 radical (unpaired) electrons. The summed E-state index contributed by atoms with van der Waals surface area (Å²) in [6, 6.07) is 6.93. The van der Waals surface area contributed by atoms with Crippen molar-refractivity contribution in [2.75, 3.05) is 6.61 Å². The van der Waals surface area contributed by atoms with Gasteiger partial charge in [0.1, 0.15) is 22.9 Å². The molecule has 190 valence electrons. The second-order valence-electron chi connectivity index (χ2n) is 7.37. The fourth-order valence-electron chi connectivity index (χ4n) is 3.17.